The van der Waals surface area contributed by atoms with Crippen LogP contribution in [0.1, 0.15) is 32.1 Å². The minimum Gasteiger partial charge on any atom is -0.445 e. The van der Waals surface area contributed by atoms with Crippen molar-refractivity contribution in [2.75, 3.05) is 39.3 Å². The molecule has 3 aliphatic rings. The number of nitrogens with zero attached hydrogens (tertiary/aromatic N) is 1. The minimum atomic E-state index is -0.258. The smallest absolute Gasteiger partial charge is 0.407 e. The van der Waals surface area contributed by atoms with Crippen molar-refractivity contribution in [1.82, 2.24) is 15.5 Å². The van der Waals surface area contributed by atoms with Crippen LogP contribution in [-0.2, 0) is 4.74 Å². The molecule has 5 nitrogen and oxygen atoms in total. The van der Waals surface area contributed by atoms with E-state index in [4.69, 9.17) is 4.74 Å². The van der Waals surface area contributed by atoms with E-state index in [2.05, 4.69) is 15.5 Å². The molecular formula is C14H25N3O2. The summed E-state index contributed by atoms with van der Waals surface area (Å²) >= 11 is 0. The van der Waals surface area contributed by atoms with E-state index >= 15 is 0 Å². The molecule has 1 saturated carbocycles. The quantitative estimate of drug-likeness (QED) is 0.796. The molecule has 0 radical (unpaired) electrons. The molecule has 3 fully saturated rings. The maximum atomic E-state index is 11.6. The van der Waals surface area contributed by atoms with Gasteiger partial charge in [0, 0.05) is 26.2 Å². The number of amides is 1. The van der Waals surface area contributed by atoms with Crippen molar-refractivity contribution in [2.45, 2.75) is 38.2 Å². The zero-order chi connectivity index (χ0) is 13.1. The molecular weight excluding hydrogens is 242 g/mol. The van der Waals surface area contributed by atoms with Crippen LogP contribution in [0.25, 0.3) is 0 Å². The lowest BCUT2D eigenvalue weighted by molar-refractivity contribution is 0.105. The van der Waals surface area contributed by atoms with Crippen molar-refractivity contribution >= 4 is 6.09 Å². The number of likely N-dealkylation sites (tertiary alicyclic amines) is 1. The van der Waals surface area contributed by atoms with Crippen LogP contribution >= 0.6 is 0 Å². The van der Waals surface area contributed by atoms with Gasteiger partial charge in [-0.3, -0.25) is 0 Å². The molecule has 1 spiro atoms. The van der Waals surface area contributed by atoms with Gasteiger partial charge in [-0.15, -0.1) is 0 Å². The van der Waals surface area contributed by atoms with E-state index in [0.29, 0.717) is 12.0 Å². The Labute approximate surface area is 115 Å². The van der Waals surface area contributed by atoms with Crippen molar-refractivity contribution in [3.05, 3.63) is 0 Å². The van der Waals surface area contributed by atoms with Gasteiger partial charge in [0.25, 0.3) is 0 Å². The summed E-state index contributed by atoms with van der Waals surface area (Å²) in [4.78, 5) is 14.1. The number of carbonyl (C=O) groups excluding carboxylic acids is 1. The summed E-state index contributed by atoms with van der Waals surface area (Å²) in [5.74, 6) is 0. The first-order valence-electron chi connectivity index (χ1n) is 7.63. The van der Waals surface area contributed by atoms with E-state index < -0.39 is 0 Å². The molecule has 1 unspecified atom stereocenters. The molecule has 2 aliphatic heterocycles. The Hall–Kier alpha value is -0.810. The van der Waals surface area contributed by atoms with Crippen molar-refractivity contribution in [3.8, 4) is 0 Å². The van der Waals surface area contributed by atoms with Crippen LogP contribution in [0.2, 0.25) is 0 Å². The Bertz CT molecular complexity index is 325. The Balaban J connectivity index is 1.29. The monoisotopic (exact) mass is 267 g/mol. The average molecular weight is 267 g/mol. The highest BCUT2D eigenvalue weighted by Gasteiger charge is 2.42. The van der Waals surface area contributed by atoms with Gasteiger partial charge >= 0.3 is 6.09 Å². The molecule has 0 aromatic rings. The van der Waals surface area contributed by atoms with Crippen LogP contribution in [0, 0.1) is 5.41 Å². The van der Waals surface area contributed by atoms with Gasteiger partial charge in [-0.1, -0.05) is 6.42 Å². The number of carbonyl (C=O) groups is 1. The van der Waals surface area contributed by atoms with Crippen molar-refractivity contribution in [1.29, 1.82) is 0 Å². The maximum Gasteiger partial charge on any atom is 0.407 e. The predicted molar refractivity (Wildman–Crippen MR) is 73.1 cm³/mol. The molecule has 2 N–H and O–H groups in total. The van der Waals surface area contributed by atoms with Gasteiger partial charge in [-0.05, 0) is 44.2 Å². The van der Waals surface area contributed by atoms with E-state index in [0.717, 1.165) is 26.1 Å². The lowest BCUT2D eigenvalue weighted by Crippen LogP contribution is -2.38. The molecule has 2 saturated heterocycles. The molecule has 0 bridgehead atoms. The van der Waals surface area contributed by atoms with E-state index in [1.165, 1.54) is 38.8 Å². The molecule has 0 aromatic heterocycles. The highest BCUT2D eigenvalue weighted by Crippen LogP contribution is 2.47. The first kappa shape index (κ1) is 13.2. The van der Waals surface area contributed by atoms with Crippen LogP contribution in [0.5, 0.6) is 0 Å². The number of hydrogen-bond donors (Lipinski definition) is 2. The van der Waals surface area contributed by atoms with Crippen LogP contribution in [0.4, 0.5) is 4.79 Å². The molecule has 2 heterocycles. The molecule has 19 heavy (non-hydrogen) atoms. The van der Waals surface area contributed by atoms with Gasteiger partial charge in [0.05, 0.1) is 0 Å². The molecule has 1 amide bonds. The average Bonchev–Trinajstić information content (AvgIpc) is 2.97. The molecule has 1 atom stereocenters. The third-order valence-corrected chi connectivity index (χ3v) is 4.92. The number of hydrogen-bond acceptors (Lipinski definition) is 4. The van der Waals surface area contributed by atoms with Crippen LogP contribution in [0.15, 0.2) is 0 Å². The van der Waals surface area contributed by atoms with E-state index in [1.54, 1.807) is 0 Å². The number of rotatable bonds is 4. The number of nitrogens with one attached hydrogen (secondary N) is 2. The van der Waals surface area contributed by atoms with Crippen molar-refractivity contribution in [2.24, 2.45) is 5.41 Å². The third kappa shape index (κ3) is 3.20. The first-order valence-corrected chi connectivity index (χ1v) is 7.63. The largest absolute Gasteiger partial charge is 0.445 e. The topological polar surface area (TPSA) is 53.6 Å². The highest BCUT2D eigenvalue weighted by atomic mass is 16.6. The Kier molecular flexibility index (Phi) is 3.93. The van der Waals surface area contributed by atoms with Crippen LogP contribution in [-0.4, -0.2) is 56.4 Å². The second kappa shape index (κ2) is 5.67. The summed E-state index contributed by atoms with van der Waals surface area (Å²) in [5.41, 5.74) is 0.649. The summed E-state index contributed by atoms with van der Waals surface area (Å²) in [6.07, 6.45) is 6.32. The normalized spacial score (nSPS) is 29.4. The zero-order valence-corrected chi connectivity index (χ0v) is 11.6. The first-order chi connectivity index (χ1) is 9.26. The second-order valence-electron chi connectivity index (χ2n) is 6.33. The molecule has 5 heteroatoms. The highest BCUT2D eigenvalue weighted by molar-refractivity contribution is 5.67. The van der Waals surface area contributed by atoms with Crippen LogP contribution in [0.3, 0.4) is 0 Å². The van der Waals surface area contributed by atoms with Gasteiger partial charge < -0.3 is 20.3 Å². The number of alkyl carbamates (subject to hydrolysis) is 1. The van der Waals surface area contributed by atoms with Gasteiger partial charge in [0.1, 0.15) is 6.10 Å². The molecule has 0 aromatic carbocycles. The zero-order valence-electron chi connectivity index (χ0n) is 11.6. The van der Waals surface area contributed by atoms with Gasteiger partial charge in [0.15, 0.2) is 0 Å². The predicted octanol–water partition coefficient (Wildman–Crippen LogP) is 0.950. The molecule has 1 aliphatic carbocycles. The fourth-order valence-electron chi connectivity index (χ4n) is 3.54. The summed E-state index contributed by atoms with van der Waals surface area (Å²) in [6.45, 7) is 5.84. The van der Waals surface area contributed by atoms with Gasteiger partial charge in [-0.2, -0.15) is 0 Å². The third-order valence-electron chi connectivity index (χ3n) is 4.92. The van der Waals surface area contributed by atoms with E-state index in [1.807, 2.05) is 0 Å². The lowest BCUT2D eigenvalue weighted by Gasteiger charge is -2.38. The Morgan fingerprint density at radius 1 is 1.42 bits per heavy atom. The van der Waals surface area contributed by atoms with E-state index in [9.17, 15) is 4.79 Å². The second-order valence-corrected chi connectivity index (χ2v) is 6.33. The number of ether oxygens (including phenoxy) is 1. The fourth-order valence-corrected chi connectivity index (χ4v) is 3.54. The molecule has 3 rings (SSSR count). The summed E-state index contributed by atoms with van der Waals surface area (Å²) < 4.78 is 5.32. The summed E-state index contributed by atoms with van der Waals surface area (Å²) in [5, 5.41) is 6.06. The Morgan fingerprint density at radius 2 is 2.32 bits per heavy atom. The Morgan fingerprint density at radius 3 is 2.95 bits per heavy atom. The standard InChI is InChI=1S/C14H25N3O2/c18-13(19-12-2-6-15-10-12)16-7-9-17-8-5-14(11-17)3-1-4-14/h12,15H,1-11H2,(H,16,18). The van der Waals surface area contributed by atoms with Crippen LogP contribution < -0.4 is 10.6 Å². The maximum absolute atomic E-state index is 11.6. The van der Waals surface area contributed by atoms with E-state index in [-0.39, 0.29) is 12.2 Å². The van der Waals surface area contributed by atoms with Gasteiger partial charge in [0.2, 0.25) is 0 Å². The minimum absolute atomic E-state index is 0.0602. The molecule has 108 valence electrons. The summed E-state index contributed by atoms with van der Waals surface area (Å²) in [6, 6.07) is 0. The van der Waals surface area contributed by atoms with Crippen molar-refractivity contribution in [3.63, 3.8) is 0 Å². The fraction of sp³-hybridized carbons (Fsp3) is 0.929. The van der Waals surface area contributed by atoms with Crippen molar-refractivity contribution < 1.29 is 9.53 Å². The van der Waals surface area contributed by atoms with Gasteiger partial charge in [-0.25, -0.2) is 4.79 Å². The SMILES string of the molecule is O=C(NCCN1CCC2(CCC2)C1)OC1CCNC1. The summed E-state index contributed by atoms with van der Waals surface area (Å²) in [7, 11) is 0. The lowest BCUT2D eigenvalue weighted by atomic mass is 9.68.